The van der Waals surface area contributed by atoms with E-state index in [1.807, 2.05) is 41.8 Å². The minimum Gasteiger partial charge on any atom is -0.468 e. The Hall–Kier alpha value is -3.87. The average molecular weight is 389 g/mol. The first-order chi connectivity index (χ1) is 14.0. The molecule has 7 heteroatoms. The Morgan fingerprint density at radius 2 is 1.76 bits per heavy atom. The van der Waals surface area contributed by atoms with Gasteiger partial charge in [0.2, 0.25) is 0 Å². The number of methoxy groups -OCH3 is 1. The van der Waals surface area contributed by atoms with Crippen LogP contribution in [0, 0.1) is 6.92 Å². The Bertz CT molecular complexity index is 1160. The van der Waals surface area contributed by atoms with Crippen molar-refractivity contribution in [3.63, 3.8) is 0 Å². The molecule has 1 aliphatic rings. The third kappa shape index (κ3) is 3.16. The maximum atomic E-state index is 12.9. The number of anilines is 1. The summed E-state index contributed by atoms with van der Waals surface area (Å²) < 4.78 is 6.62. The van der Waals surface area contributed by atoms with Crippen LogP contribution in [0.1, 0.15) is 11.3 Å². The second-order valence-electron chi connectivity index (χ2n) is 6.65. The summed E-state index contributed by atoms with van der Waals surface area (Å²) in [5.41, 5.74) is 5.54. The summed E-state index contributed by atoms with van der Waals surface area (Å²) in [6, 6.07) is 16.4. The number of amides is 2. The van der Waals surface area contributed by atoms with Crippen molar-refractivity contribution in [3.8, 4) is 0 Å². The molecule has 1 saturated heterocycles. The van der Waals surface area contributed by atoms with Crippen LogP contribution in [-0.2, 0) is 25.7 Å². The lowest BCUT2D eigenvalue weighted by Gasteiger charge is -2.13. The Kier molecular flexibility index (Phi) is 4.64. The average Bonchev–Trinajstić information content (AvgIpc) is 3.17. The van der Waals surface area contributed by atoms with Gasteiger partial charge in [0.1, 0.15) is 12.1 Å². The second kappa shape index (κ2) is 7.27. The number of carbonyl (C=O) groups is 3. The van der Waals surface area contributed by atoms with Gasteiger partial charge in [-0.1, -0.05) is 36.4 Å². The number of hydrogen-bond donors (Lipinski definition) is 1. The molecule has 4 rings (SSSR count). The van der Waals surface area contributed by atoms with Crippen LogP contribution in [0.4, 0.5) is 5.69 Å². The molecule has 1 aromatic heterocycles. The highest BCUT2D eigenvalue weighted by atomic mass is 16.5. The van der Waals surface area contributed by atoms with Gasteiger partial charge < -0.3 is 9.30 Å². The predicted octanol–water partition coefficient (Wildman–Crippen LogP) is 2.58. The van der Waals surface area contributed by atoms with Crippen molar-refractivity contribution >= 4 is 40.4 Å². The number of ether oxygens (including phenoxy) is 1. The lowest BCUT2D eigenvalue weighted by Crippen LogP contribution is -2.35. The van der Waals surface area contributed by atoms with Gasteiger partial charge in [0.15, 0.2) is 0 Å². The molecule has 2 amide bonds. The van der Waals surface area contributed by atoms with E-state index in [-0.39, 0.29) is 18.1 Å². The highest BCUT2D eigenvalue weighted by Gasteiger charge is 2.34. The van der Waals surface area contributed by atoms with Gasteiger partial charge >= 0.3 is 5.97 Å². The van der Waals surface area contributed by atoms with Crippen molar-refractivity contribution in [2.75, 3.05) is 12.1 Å². The minimum absolute atomic E-state index is 0.0397. The standard InChI is InChI=1S/C22H19N3O4/c1-14-17(16-10-6-7-11-19(16)24(14)13-20(26)29-2)12-18-21(27)23-25(22(18)28)15-8-4-3-5-9-15/h3-12H,13H2,1-2H3,(H,23,27)/b18-12-. The highest BCUT2D eigenvalue weighted by Crippen LogP contribution is 2.29. The Labute approximate surface area is 167 Å². The number of carbonyl (C=O) groups excluding carboxylic acids is 3. The summed E-state index contributed by atoms with van der Waals surface area (Å²) in [4.78, 5) is 37.3. The van der Waals surface area contributed by atoms with Gasteiger partial charge in [0, 0.05) is 22.2 Å². The largest absolute Gasteiger partial charge is 0.468 e. The summed E-state index contributed by atoms with van der Waals surface area (Å²) in [5.74, 6) is -1.27. The zero-order valence-corrected chi connectivity index (χ0v) is 16.0. The zero-order chi connectivity index (χ0) is 20.5. The fourth-order valence-corrected chi connectivity index (χ4v) is 3.50. The minimum atomic E-state index is -0.469. The smallest absolute Gasteiger partial charge is 0.325 e. The van der Waals surface area contributed by atoms with Gasteiger partial charge in [0.05, 0.1) is 12.8 Å². The van der Waals surface area contributed by atoms with Crippen LogP contribution >= 0.6 is 0 Å². The molecular formula is C22H19N3O4. The second-order valence-corrected chi connectivity index (χ2v) is 6.65. The lowest BCUT2D eigenvalue weighted by atomic mass is 10.1. The quantitative estimate of drug-likeness (QED) is 0.423. The molecule has 0 unspecified atom stereocenters. The maximum absolute atomic E-state index is 12.9. The van der Waals surface area contributed by atoms with E-state index >= 15 is 0 Å². The fraction of sp³-hybridized carbons (Fsp3) is 0.136. The van der Waals surface area contributed by atoms with E-state index in [1.165, 1.54) is 12.1 Å². The van der Waals surface area contributed by atoms with Crippen molar-refractivity contribution in [2.24, 2.45) is 0 Å². The maximum Gasteiger partial charge on any atom is 0.325 e. The molecule has 0 atom stereocenters. The number of esters is 1. The number of hydrazine groups is 1. The van der Waals surface area contributed by atoms with Gasteiger partial charge in [-0.2, -0.15) is 0 Å². The number of aromatic nitrogens is 1. The first kappa shape index (κ1) is 18.5. The van der Waals surface area contributed by atoms with Crippen molar-refractivity contribution in [1.82, 2.24) is 9.99 Å². The Morgan fingerprint density at radius 3 is 2.48 bits per heavy atom. The van der Waals surface area contributed by atoms with Crippen LogP contribution in [0.25, 0.3) is 17.0 Å². The molecule has 29 heavy (non-hydrogen) atoms. The molecule has 2 heterocycles. The van der Waals surface area contributed by atoms with Crippen LogP contribution in [-0.4, -0.2) is 29.5 Å². The van der Waals surface area contributed by atoms with E-state index < -0.39 is 11.8 Å². The van der Waals surface area contributed by atoms with Crippen LogP contribution in [0.2, 0.25) is 0 Å². The van der Waals surface area contributed by atoms with E-state index in [1.54, 1.807) is 30.3 Å². The zero-order valence-electron chi connectivity index (χ0n) is 16.0. The highest BCUT2D eigenvalue weighted by molar-refractivity contribution is 6.32. The van der Waals surface area contributed by atoms with Gasteiger partial charge in [-0.05, 0) is 31.2 Å². The molecular weight excluding hydrogens is 370 g/mol. The molecule has 2 aromatic carbocycles. The predicted molar refractivity (Wildman–Crippen MR) is 109 cm³/mol. The fourth-order valence-electron chi connectivity index (χ4n) is 3.50. The van der Waals surface area contributed by atoms with Crippen LogP contribution in [0.5, 0.6) is 0 Å². The summed E-state index contributed by atoms with van der Waals surface area (Å²) in [5, 5.41) is 2.08. The van der Waals surface area contributed by atoms with E-state index in [0.29, 0.717) is 5.69 Å². The molecule has 7 nitrogen and oxygen atoms in total. The summed E-state index contributed by atoms with van der Waals surface area (Å²) in [7, 11) is 1.34. The SMILES string of the molecule is COC(=O)Cn1c(C)c(/C=C2/C(=O)NN(c3ccccc3)C2=O)c2ccccc21. The van der Waals surface area contributed by atoms with Gasteiger partial charge in [-0.3, -0.25) is 19.8 Å². The molecule has 1 aliphatic heterocycles. The van der Waals surface area contributed by atoms with Crippen LogP contribution < -0.4 is 10.4 Å². The first-order valence-corrected chi connectivity index (χ1v) is 9.08. The molecule has 3 aromatic rings. The first-order valence-electron chi connectivity index (χ1n) is 9.08. The Balaban J connectivity index is 1.80. The van der Waals surface area contributed by atoms with Crippen molar-refractivity contribution in [1.29, 1.82) is 0 Å². The third-order valence-electron chi connectivity index (χ3n) is 4.99. The number of rotatable bonds is 4. The molecule has 0 bridgehead atoms. The molecule has 0 aliphatic carbocycles. The number of nitrogens with zero attached hydrogens (tertiary/aromatic N) is 2. The van der Waals surface area contributed by atoms with Crippen molar-refractivity contribution in [2.45, 2.75) is 13.5 Å². The summed E-state index contributed by atoms with van der Waals surface area (Å²) in [6.45, 7) is 1.89. The molecule has 0 radical (unpaired) electrons. The molecule has 0 saturated carbocycles. The normalized spacial score (nSPS) is 15.2. The van der Waals surface area contributed by atoms with Gasteiger partial charge in [0.25, 0.3) is 11.8 Å². The van der Waals surface area contributed by atoms with E-state index in [0.717, 1.165) is 22.2 Å². The number of fused-ring (bicyclic) bond motifs is 1. The number of nitrogens with one attached hydrogen (secondary N) is 1. The number of hydrogen-bond acceptors (Lipinski definition) is 4. The third-order valence-corrected chi connectivity index (χ3v) is 4.99. The molecule has 1 N–H and O–H groups in total. The Morgan fingerprint density at radius 1 is 1.07 bits per heavy atom. The monoisotopic (exact) mass is 389 g/mol. The molecule has 1 fully saturated rings. The van der Waals surface area contributed by atoms with E-state index in [4.69, 9.17) is 4.74 Å². The van der Waals surface area contributed by atoms with E-state index in [9.17, 15) is 14.4 Å². The van der Waals surface area contributed by atoms with E-state index in [2.05, 4.69) is 5.43 Å². The van der Waals surface area contributed by atoms with Crippen LogP contribution in [0.3, 0.4) is 0 Å². The molecule has 0 spiro atoms. The summed E-state index contributed by atoms with van der Waals surface area (Å²) in [6.07, 6.45) is 1.59. The van der Waals surface area contributed by atoms with Gasteiger partial charge in [-0.15, -0.1) is 0 Å². The molecule has 146 valence electrons. The van der Waals surface area contributed by atoms with Gasteiger partial charge in [-0.25, -0.2) is 5.01 Å². The number of para-hydroxylation sites is 2. The number of benzene rings is 2. The lowest BCUT2D eigenvalue weighted by molar-refractivity contribution is -0.141. The topological polar surface area (TPSA) is 80.6 Å². The van der Waals surface area contributed by atoms with Crippen molar-refractivity contribution < 1.29 is 19.1 Å². The summed E-state index contributed by atoms with van der Waals surface area (Å²) >= 11 is 0. The van der Waals surface area contributed by atoms with Crippen LogP contribution in [0.15, 0.2) is 60.2 Å². The van der Waals surface area contributed by atoms with Crippen molar-refractivity contribution in [3.05, 3.63) is 71.4 Å².